The predicted octanol–water partition coefficient (Wildman–Crippen LogP) is 2.68. The van der Waals surface area contributed by atoms with Crippen molar-refractivity contribution in [2.75, 3.05) is 19.4 Å². The molecule has 0 saturated heterocycles. The van der Waals surface area contributed by atoms with Gasteiger partial charge in [-0.25, -0.2) is 9.97 Å². The van der Waals surface area contributed by atoms with Crippen LogP contribution in [0.3, 0.4) is 0 Å². The predicted molar refractivity (Wildman–Crippen MR) is 120 cm³/mol. The highest BCUT2D eigenvalue weighted by atomic mass is 16.3. The van der Waals surface area contributed by atoms with Gasteiger partial charge in [-0.1, -0.05) is 6.07 Å². The summed E-state index contributed by atoms with van der Waals surface area (Å²) in [5.41, 5.74) is 5.45. The molecular formula is C22H19N9O. The van der Waals surface area contributed by atoms with Gasteiger partial charge in [0.1, 0.15) is 17.3 Å². The summed E-state index contributed by atoms with van der Waals surface area (Å²) in [7, 11) is 3.54. The molecule has 1 aromatic carbocycles. The highest BCUT2D eigenvalue weighted by molar-refractivity contribution is 5.94. The maximum absolute atomic E-state index is 10.0. The van der Waals surface area contributed by atoms with Gasteiger partial charge in [0.2, 0.25) is 0 Å². The van der Waals surface area contributed by atoms with E-state index in [0.29, 0.717) is 33.9 Å². The molecule has 1 unspecified atom stereocenters. The Morgan fingerprint density at radius 3 is 2.81 bits per heavy atom. The van der Waals surface area contributed by atoms with Gasteiger partial charge in [-0.2, -0.15) is 10.4 Å². The second kappa shape index (κ2) is 7.73. The van der Waals surface area contributed by atoms with Crippen molar-refractivity contribution in [2.24, 2.45) is 0 Å². The van der Waals surface area contributed by atoms with E-state index in [4.69, 9.17) is 0 Å². The van der Waals surface area contributed by atoms with Crippen LogP contribution in [0.1, 0.15) is 5.56 Å². The number of para-hydroxylation sites is 1. The summed E-state index contributed by atoms with van der Waals surface area (Å²) in [5.74, 6) is 0.551. The second-order valence-electron chi connectivity index (χ2n) is 7.54. The van der Waals surface area contributed by atoms with E-state index in [1.807, 2.05) is 24.3 Å². The monoisotopic (exact) mass is 425 g/mol. The van der Waals surface area contributed by atoms with Gasteiger partial charge in [-0.15, -0.1) is 0 Å². The number of anilines is 1. The van der Waals surface area contributed by atoms with Gasteiger partial charge in [-0.3, -0.25) is 15.0 Å². The number of fused-ring (bicyclic) bond motifs is 2. The van der Waals surface area contributed by atoms with Crippen molar-refractivity contribution in [3.05, 3.63) is 54.5 Å². The van der Waals surface area contributed by atoms with Crippen molar-refractivity contribution in [3.63, 3.8) is 0 Å². The van der Waals surface area contributed by atoms with Crippen LogP contribution in [0.15, 0.2) is 48.9 Å². The number of pyridine rings is 2. The second-order valence-corrected chi connectivity index (χ2v) is 7.54. The van der Waals surface area contributed by atoms with E-state index in [2.05, 4.69) is 41.5 Å². The number of nitrogens with one attached hydrogen (secondary N) is 3. The molecule has 0 amide bonds. The first-order valence-electron chi connectivity index (χ1n) is 9.83. The lowest BCUT2D eigenvalue weighted by atomic mass is 10.1. The van der Waals surface area contributed by atoms with E-state index in [-0.39, 0.29) is 0 Å². The van der Waals surface area contributed by atoms with E-state index in [0.717, 1.165) is 22.0 Å². The molecule has 32 heavy (non-hydrogen) atoms. The molecule has 0 saturated carbocycles. The van der Waals surface area contributed by atoms with Crippen LogP contribution in [0.5, 0.6) is 0 Å². The standard InChI is InChI=1S/C22H19N9O/c1-31(2)22(32)26-15-6-13(9-24-11-15)14-7-16-19(29-30-20(16)25-10-14)21-27-17-5-3-4-12(8-23)18(17)28-21/h3-7,9-11,22,26,32H,1-2H3,(H,27,28)(H,25,29,30). The number of hydrogen-bond donors (Lipinski definition) is 4. The van der Waals surface area contributed by atoms with Crippen LogP contribution in [-0.2, 0) is 0 Å². The fourth-order valence-corrected chi connectivity index (χ4v) is 3.43. The topological polar surface area (TPSA) is 142 Å². The van der Waals surface area contributed by atoms with Crippen molar-refractivity contribution in [1.82, 2.24) is 35.0 Å². The zero-order valence-corrected chi connectivity index (χ0v) is 17.3. The first kappa shape index (κ1) is 19.6. The Bertz CT molecular complexity index is 1480. The molecule has 5 aromatic rings. The summed E-state index contributed by atoms with van der Waals surface area (Å²) in [4.78, 5) is 18.2. The minimum absolute atomic E-state index is 0.499. The van der Waals surface area contributed by atoms with Crippen LogP contribution in [0.25, 0.3) is 44.7 Å². The maximum Gasteiger partial charge on any atom is 0.183 e. The van der Waals surface area contributed by atoms with Crippen LogP contribution in [0, 0.1) is 11.3 Å². The average molecular weight is 425 g/mol. The molecule has 5 rings (SSSR count). The Hall–Kier alpha value is -4.33. The molecule has 158 valence electrons. The van der Waals surface area contributed by atoms with Crippen molar-refractivity contribution in [1.29, 1.82) is 5.26 Å². The zero-order valence-electron chi connectivity index (χ0n) is 17.3. The van der Waals surface area contributed by atoms with Crippen LogP contribution in [0.2, 0.25) is 0 Å². The van der Waals surface area contributed by atoms with Crippen LogP contribution in [0.4, 0.5) is 5.69 Å². The molecule has 0 spiro atoms. The molecular weight excluding hydrogens is 406 g/mol. The largest absolute Gasteiger partial charge is 0.361 e. The van der Waals surface area contributed by atoms with E-state index in [1.54, 1.807) is 43.7 Å². The van der Waals surface area contributed by atoms with Crippen molar-refractivity contribution < 1.29 is 5.11 Å². The van der Waals surface area contributed by atoms with E-state index >= 15 is 0 Å². The highest BCUT2D eigenvalue weighted by Gasteiger charge is 2.16. The Morgan fingerprint density at radius 1 is 1.16 bits per heavy atom. The SMILES string of the molecule is CN(C)C(O)Nc1cncc(-c2cnc3[nH]nc(-c4nc5c(C#N)cccc5[nH]4)c3c2)c1. The highest BCUT2D eigenvalue weighted by Crippen LogP contribution is 2.30. The molecule has 1 atom stereocenters. The third kappa shape index (κ3) is 3.41. The number of benzene rings is 1. The van der Waals surface area contributed by atoms with Gasteiger partial charge in [0.15, 0.2) is 17.8 Å². The molecule has 0 fully saturated rings. The van der Waals surface area contributed by atoms with Crippen molar-refractivity contribution in [2.45, 2.75) is 6.35 Å². The first-order valence-corrected chi connectivity index (χ1v) is 9.83. The number of hydrogen-bond acceptors (Lipinski definition) is 8. The molecule has 10 heteroatoms. The lowest BCUT2D eigenvalue weighted by molar-refractivity contribution is 0.0659. The number of aromatic amines is 2. The van der Waals surface area contributed by atoms with E-state index in [9.17, 15) is 10.4 Å². The molecule has 0 aliphatic carbocycles. The van der Waals surface area contributed by atoms with Crippen molar-refractivity contribution in [3.8, 4) is 28.7 Å². The van der Waals surface area contributed by atoms with Crippen LogP contribution < -0.4 is 5.32 Å². The number of nitrogens with zero attached hydrogens (tertiary/aromatic N) is 6. The molecule has 0 bridgehead atoms. The summed E-state index contributed by atoms with van der Waals surface area (Å²) in [6.07, 6.45) is 4.28. The smallest absolute Gasteiger partial charge is 0.183 e. The number of imidazole rings is 1. The van der Waals surface area contributed by atoms with Gasteiger partial charge in [0.25, 0.3) is 0 Å². The number of nitriles is 1. The summed E-state index contributed by atoms with van der Waals surface area (Å²) in [6.45, 7) is 0. The Morgan fingerprint density at radius 2 is 2.00 bits per heavy atom. The quantitative estimate of drug-likeness (QED) is 0.315. The summed E-state index contributed by atoms with van der Waals surface area (Å²) in [5, 5.41) is 30.5. The minimum Gasteiger partial charge on any atom is -0.361 e. The number of aliphatic hydroxyl groups is 1. The number of H-pyrrole nitrogens is 2. The minimum atomic E-state index is -0.834. The fraction of sp³-hybridized carbons (Fsp3) is 0.136. The fourth-order valence-electron chi connectivity index (χ4n) is 3.43. The third-order valence-electron chi connectivity index (χ3n) is 5.13. The maximum atomic E-state index is 10.0. The Labute approximate surface area is 182 Å². The third-order valence-corrected chi connectivity index (χ3v) is 5.13. The Balaban J connectivity index is 1.56. The van der Waals surface area contributed by atoms with Gasteiger partial charge < -0.3 is 15.4 Å². The number of rotatable bonds is 5. The lowest BCUT2D eigenvalue weighted by Gasteiger charge is -2.20. The van der Waals surface area contributed by atoms with Gasteiger partial charge >= 0.3 is 0 Å². The van der Waals surface area contributed by atoms with Crippen LogP contribution in [-0.4, -0.2) is 60.6 Å². The van der Waals surface area contributed by atoms with E-state index in [1.165, 1.54) is 0 Å². The number of aromatic nitrogens is 6. The number of aliphatic hydroxyl groups excluding tert-OH is 1. The summed E-state index contributed by atoms with van der Waals surface area (Å²) in [6, 6.07) is 11.4. The molecule has 0 aliphatic rings. The normalized spacial score (nSPS) is 12.3. The average Bonchev–Trinajstić information content (AvgIpc) is 3.42. The molecule has 4 aromatic heterocycles. The van der Waals surface area contributed by atoms with Gasteiger partial charge in [-0.05, 0) is 38.4 Å². The molecule has 4 N–H and O–H groups in total. The zero-order chi connectivity index (χ0) is 22.2. The summed E-state index contributed by atoms with van der Waals surface area (Å²) < 4.78 is 0. The molecule has 0 aliphatic heterocycles. The lowest BCUT2D eigenvalue weighted by Crippen LogP contribution is -2.34. The summed E-state index contributed by atoms with van der Waals surface area (Å²) >= 11 is 0. The van der Waals surface area contributed by atoms with Gasteiger partial charge in [0, 0.05) is 23.5 Å². The van der Waals surface area contributed by atoms with E-state index < -0.39 is 6.35 Å². The van der Waals surface area contributed by atoms with Crippen molar-refractivity contribution >= 4 is 27.8 Å². The van der Waals surface area contributed by atoms with Crippen LogP contribution >= 0.6 is 0 Å². The molecule has 4 heterocycles. The Kier molecular flexibility index (Phi) is 4.74. The molecule has 0 radical (unpaired) electrons. The molecule has 10 nitrogen and oxygen atoms in total. The first-order chi connectivity index (χ1) is 15.5. The van der Waals surface area contributed by atoms with Gasteiger partial charge in [0.05, 0.1) is 28.4 Å².